The maximum absolute atomic E-state index is 11.5. The minimum Gasteiger partial charge on any atom is -0.490 e. The molecule has 26 heavy (non-hydrogen) atoms. The summed E-state index contributed by atoms with van der Waals surface area (Å²) in [5, 5.41) is 10.9. The van der Waals surface area contributed by atoms with E-state index in [1.165, 1.54) is 13.2 Å². The molecule has 0 aliphatic carbocycles. The SMILES string of the molecule is COc1c(OCC=C(C)C[C@H](O)[C@@H]2OC2(C)C)ccc2ccc(=O)oc12. The molecule has 0 saturated carbocycles. The summed E-state index contributed by atoms with van der Waals surface area (Å²) in [6, 6.07) is 6.63. The monoisotopic (exact) mass is 360 g/mol. The normalized spacial score (nSPS) is 20.0. The molecule has 2 atom stereocenters. The van der Waals surface area contributed by atoms with Crippen LogP contribution in [0.15, 0.2) is 45.1 Å². The molecule has 1 saturated heterocycles. The van der Waals surface area contributed by atoms with Crippen molar-refractivity contribution in [2.75, 3.05) is 13.7 Å². The molecule has 140 valence electrons. The Morgan fingerprint density at radius 3 is 2.69 bits per heavy atom. The summed E-state index contributed by atoms with van der Waals surface area (Å²) in [5.74, 6) is 0.880. The van der Waals surface area contributed by atoms with Crippen molar-refractivity contribution in [1.29, 1.82) is 0 Å². The Morgan fingerprint density at radius 2 is 2.04 bits per heavy atom. The van der Waals surface area contributed by atoms with Crippen LogP contribution < -0.4 is 15.1 Å². The summed E-state index contributed by atoms with van der Waals surface area (Å²) in [4.78, 5) is 11.5. The summed E-state index contributed by atoms with van der Waals surface area (Å²) < 4.78 is 21.8. The van der Waals surface area contributed by atoms with E-state index in [-0.39, 0.29) is 11.7 Å². The van der Waals surface area contributed by atoms with E-state index in [9.17, 15) is 9.90 Å². The summed E-state index contributed by atoms with van der Waals surface area (Å²) in [6.45, 7) is 6.19. The van der Waals surface area contributed by atoms with Gasteiger partial charge in [0.15, 0.2) is 11.3 Å². The third-order valence-corrected chi connectivity index (χ3v) is 4.52. The number of epoxide rings is 1. The van der Waals surface area contributed by atoms with Crippen LogP contribution in [-0.2, 0) is 4.74 Å². The first-order chi connectivity index (χ1) is 12.3. The molecule has 6 heteroatoms. The van der Waals surface area contributed by atoms with E-state index in [1.54, 1.807) is 12.1 Å². The standard InChI is InChI=1S/C20H24O6/c1-12(11-14(21)19-20(2,3)26-19)9-10-24-15-7-5-13-6-8-16(22)25-17(13)18(15)23-4/h5-9,14,19,21H,10-11H2,1-4H3/t14-,19-/m0/s1. The third-order valence-electron chi connectivity index (χ3n) is 4.52. The molecule has 0 amide bonds. The summed E-state index contributed by atoms with van der Waals surface area (Å²) in [6.07, 6.45) is 1.80. The highest BCUT2D eigenvalue weighted by Gasteiger charge is 2.51. The molecule has 0 spiro atoms. The number of hydrogen-bond acceptors (Lipinski definition) is 6. The van der Waals surface area contributed by atoms with Crippen LogP contribution in [0, 0.1) is 0 Å². The van der Waals surface area contributed by atoms with Crippen molar-refractivity contribution in [2.24, 2.45) is 0 Å². The van der Waals surface area contributed by atoms with Gasteiger partial charge in [-0.25, -0.2) is 4.79 Å². The zero-order valence-electron chi connectivity index (χ0n) is 15.4. The zero-order chi connectivity index (χ0) is 18.9. The van der Waals surface area contributed by atoms with Gasteiger partial charge in [-0.05, 0) is 51.5 Å². The van der Waals surface area contributed by atoms with Crippen molar-refractivity contribution >= 4 is 11.0 Å². The van der Waals surface area contributed by atoms with Crippen LogP contribution in [0.4, 0.5) is 0 Å². The lowest BCUT2D eigenvalue weighted by atomic mass is 10.0. The zero-order valence-corrected chi connectivity index (χ0v) is 15.4. The number of ether oxygens (including phenoxy) is 3. The van der Waals surface area contributed by atoms with E-state index in [0.717, 1.165) is 11.0 Å². The molecule has 0 bridgehead atoms. The summed E-state index contributed by atoms with van der Waals surface area (Å²) >= 11 is 0. The Labute approximate surface area is 152 Å². The Hall–Kier alpha value is -2.31. The first-order valence-electron chi connectivity index (χ1n) is 8.57. The lowest BCUT2D eigenvalue weighted by Gasteiger charge is -2.12. The fraction of sp³-hybridized carbons (Fsp3) is 0.450. The number of aliphatic hydroxyl groups is 1. The van der Waals surface area contributed by atoms with Crippen molar-refractivity contribution in [2.45, 2.75) is 45.0 Å². The molecule has 1 aliphatic rings. The average molecular weight is 360 g/mol. The molecule has 1 aromatic heterocycles. The van der Waals surface area contributed by atoms with Crippen LogP contribution in [0.2, 0.25) is 0 Å². The van der Waals surface area contributed by atoms with E-state index < -0.39 is 11.7 Å². The maximum Gasteiger partial charge on any atom is 0.336 e. The minimum absolute atomic E-state index is 0.116. The fourth-order valence-electron chi connectivity index (χ4n) is 3.02. The number of methoxy groups -OCH3 is 1. The molecule has 1 aromatic carbocycles. The molecule has 2 aromatic rings. The van der Waals surface area contributed by atoms with Gasteiger partial charge in [0.05, 0.1) is 18.8 Å². The fourth-order valence-corrected chi connectivity index (χ4v) is 3.02. The van der Waals surface area contributed by atoms with E-state index in [4.69, 9.17) is 18.6 Å². The number of benzene rings is 1. The summed E-state index contributed by atoms with van der Waals surface area (Å²) in [5.41, 5.74) is 0.693. The topological polar surface area (TPSA) is 81.4 Å². The molecule has 1 aliphatic heterocycles. The van der Waals surface area contributed by atoms with Crippen molar-refractivity contribution in [1.82, 2.24) is 0 Å². The molecule has 6 nitrogen and oxygen atoms in total. The lowest BCUT2D eigenvalue weighted by molar-refractivity contribution is 0.135. The smallest absolute Gasteiger partial charge is 0.336 e. The number of fused-ring (bicyclic) bond motifs is 1. The van der Waals surface area contributed by atoms with E-state index in [0.29, 0.717) is 30.1 Å². The first-order valence-corrected chi connectivity index (χ1v) is 8.57. The van der Waals surface area contributed by atoms with Gasteiger partial charge in [-0.15, -0.1) is 0 Å². The Bertz CT molecular complexity index is 879. The second kappa shape index (κ2) is 7.13. The van der Waals surface area contributed by atoms with Crippen LogP contribution in [0.3, 0.4) is 0 Å². The largest absolute Gasteiger partial charge is 0.490 e. The number of rotatable bonds is 7. The third kappa shape index (κ3) is 3.92. The summed E-state index contributed by atoms with van der Waals surface area (Å²) in [7, 11) is 1.50. The molecule has 3 rings (SSSR count). The van der Waals surface area contributed by atoms with Crippen LogP contribution in [0.5, 0.6) is 11.5 Å². The quantitative estimate of drug-likeness (QED) is 0.464. The highest BCUT2D eigenvalue weighted by atomic mass is 16.6. The van der Waals surface area contributed by atoms with E-state index >= 15 is 0 Å². The van der Waals surface area contributed by atoms with Crippen molar-refractivity contribution < 1.29 is 23.7 Å². The Balaban J connectivity index is 1.66. The van der Waals surface area contributed by atoms with Crippen LogP contribution in [0.1, 0.15) is 27.2 Å². The first kappa shape index (κ1) is 18.5. The molecular formula is C20H24O6. The molecule has 0 unspecified atom stereocenters. The van der Waals surface area contributed by atoms with Gasteiger partial charge in [0.1, 0.15) is 12.7 Å². The highest BCUT2D eigenvalue weighted by molar-refractivity contribution is 5.85. The van der Waals surface area contributed by atoms with Crippen LogP contribution in [0.25, 0.3) is 11.0 Å². The lowest BCUT2D eigenvalue weighted by Crippen LogP contribution is -2.20. The van der Waals surface area contributed by atoms with Gasteiger partial charge in [-0.1, -0.05) is 5.57 Å². The van der Waals surface area contributed by atoms with E-state index in [1.807, 2.05) is 32.9 Å². The van der Waals surface area contributed by atoms with Crippen LogP contribution >= 0.6 is 0 Å². The van der Waals surface area contributed by atoms with Gasteiger partial charge >= 0.3 is 5.63 Å². The molecular weight excluding hydrogens is 336 g/mol. The minimum atomic E-state index is -0.522. The van der Waals surface area contributed by atoms with Crippen molar-refractivity contribution in [3.63, 3.8) is 0 Å². The maximum atomic E-state index is 11.5. The molecule has 1 fully saturated rings. The molecule has 0 radical (unpaired) electrons. The average Bonchev–Trinajstić information content (AvgIpc) is 3.23. The number of aliphatic hydroxyl groups excluding tert-OH is 1. The van der Waals surface area contributed by atoms with Gasteiger partial charge in [0.25, 0.3) is 0 Å². The Morgan fingerprint density at radius 1 is 1.35 bits per heavy atom. The second-order valence-corrected chi connectivity index (χ2v) is 7.04. The Kier molecular flexibility index (Phi) is 5.07. The van der Waals surface area contributed by atoms with Crippen LogP contribution in [-0.4, -0.2) is 36.6 Å². The van der Waals surface area contributed by atoms with Gasteiger partial charge in [0, 0.05) is 11.5 Å². The van der Waals surface area contributed by atoms with Gasteiger partial charge < -0.3 is 23.7 Å². The molecule has 1 N–H and O–H groups in total. The van der Waals surface area contributed by atoms with Gasteiger partial charge in [-0.3, -0.25) is 0 Å². The molecule has 2 heterocycles. The van der Waals surface area contributed by atoms with E-state index in [2.05, 4.69) is 0 Å². The predicted molar refractivity (Wildman–Crippen MR) is 97.9 cm³/mol. The van der Waals surface area contributed by atoms with Crippen molar-refractivity contribution in [3.05, 3.63) is 46.3 Å². The second-order valence-electron chi connectivity index (χ2n) is 7.04. The number of hydrogen-bond donors (Lipinski definition) is 1. The van der Waals surface area contributed by atoms with Crippen molar-refractivity contribution in [3.8, 4) is 11.5 Å². The predicted octanol–water partition coefficient (Wildman–Crippen LogP) is 3.06. The van der Waals surface area contributed by atoms with Gasteiger partial charge in [0.2, 0.25) is 5.75 Å². The highest BCUT2D eigenvalue weighted by Crippen LogP contribution is 2.39. The van der Waals surface area contributed by atoms with Gasteiger partial charge in [-0.2, -0.15) is 0 Å².